The summed E-state index contributed by atoms with van der Waals surface area (Å²) < 4.78 is 9.98. The van der Waals surface area contributed by atoms with Crippen molar-refractivity contribution in [3.8, 4) is 0 Å². The maximum atomic E-state index is 11.6. The predicted octanol–water partition coefficient (Wildman–Crippen LogP) is 0.769. The highest BCUT2D eigenvalue weighted by atomic mass is 16.6. The molecule has 0 unspecified atom stereocenters. The minimum atomic E-state index is -1.51. The zero-order valence-electron chi connectivity index (χ0n) is 10.5. The number of ether oxygens (including phenoxy) is 1. The number of hydrogen-bond acceptors (Lipinski definition) is 5. The number of hydrogen-bond donors (Lipinski definition) is 2. The van der Waals surface area contributed by atoms with Crippen molar-refractivity contribution in [1.29, 1.82) is 0 Å². The summed E-state index contributed by atoms with van der Waals surface area (Å²) in [6.45, 7) is 4.63. The Hall–Kier alpha value is -1.82. The molecular weight excluding hydrogens is 238 g/mol. The lowest BCUT2D eigenvalue weighted by Crippen LogP contribution is -2.40. The van der Waals surface area contributed by atoms with Gasteiger partial charge in [0.05, 0.1) is 12.4 Å². The maximum Gasteiger partial charge on any atom is 0.337 e. The van der Waals surface area contributed by atoms with Gasteiger partial charge in [-0.1, -0.05) is 0 Å². The van der Waals surface area contributed by atoms with Crippen molar-refractivity contribution in [3.05, 3.63) is 24.2 Å². The van der Waals surface area contributed by atoms with Gasteiger partial charge in [-0.3, -0.25) is 4.79 Å². The standard InChI is InChI=1S/C12H17NO5/c1-7(2)18-12(16)11(15)10(13-8(3)14)9-5-4-6-17-9/h4-7,10-11,15H,1-3H3,(H,13,14)/t10-,11+/m0/s1. The summed E-state index contributed by atoms with van der Waals surface area (Å²) in [6, 6.07) is 2.21. The second kappa shape index (κ2) is 6.20. The molecule has 2 N–H and O–H groups in total. The average Bonchev–Trinajstić information content (AvgIpc) is 2.76. The van der Waals surface area contributed by atoms with E-state index in [-0.39, 0.29) is 12.0 Å². The smallest absolute Gasteiger partial charge is 0.337 e. The Morgan fingerprint density at radius 1 is 1.44 bits per heavy atom. The molecule has 1 rings (SSSR count). The molecular formula is C12H17NO5. The molecule has 1 aromatic heterocycles. The molecule has 1 amide bonds. The molecule has 0 spiro atoms. The van der Waals surface area contributed by atoms with Gasteiger partial charge in [0.2, 0.25) is 5.91 Å². The average molecular weight is 255 g/mol. The number of carbonyl (C=O) groups is 2. The van der Waals surface area contributed by atoms with Crippen LogP contribution in [-0.2, 0) is 14.3 Å². The fourth-order valence-electron chi connectivity index (χ4n) is 1.43. The second-order valence-corrected chi connectivity index (χ2v) is 4.12. The molecule has 6 heteroatoms. The van der Waals surface area contributed by atoms with Gasteiger partial charge in [-0.15, -0.1) is 0 Å². The van der Waals surface area contributed by atoms with Crippen molar-refractivity contribution in [2.24, 2.45) is 0 Å². The first-order chi connectivity index (χ1) is 8.41. The van der Waals surface area contributed by atoms with Crippen LogP contribution in [-0.4, -0.2) is 29.2 Å². The molecule has 0 aliphatic rings. The van der Waals surface area contributed by atoms with Crippen LogP contribution in [0, 0.1) is 0 Å². The van der Waals surface area contributed by atoms with E-state index in [0.717, 1.165) is 0 Å². The van der Waals surface area contributed by atoms with Crippen molar-refractivity contribution in [3.63, 3.8) is 0 Å². The highest BCUT2D eigenvalue weighted by Crippen LogP contribution is 2.19. The van der Waals surface area contributed by atoms with E-state index in [1.54, 1.807) is 26.0 Å². The highest BCUT2D eigenvalue weighted by Gasteiger charge is 2.32. The third kappa shape index (κ3) is 3.89. The Balaban J connectivity index is 2.83. The van der Waals surface area contributed by atoms with E-state index in [4.69, 9.17) is 9.15 Å². The van der Waals surface area contributed by atoms with E-state index in [1.807, 2.05) is 0 Å². The van der Waals surface area contributed by atoms with Gasteiger partial charge < -0.3 is 19.6 Å². The first-order valence-electron chi connectivity index (χ1n) is 5.61. The fourth-order valence-corrected chi connectivity index (χ4v) is 1.43. The van der Waals surface area contributed by atoms with Gasteiger partial charge in [0.1, 0.15) is 11.8 Å². The number of carbonyl (C=O) groups excluding carboxylic acids is 2. The van der Waals surface area contributed by atoms with E-state index >= 15 is 0 Å². The Morgan fingerprint density at radius 2 is 2.11 bits per heavy atom. The molecule has 100 valence electrons. The minimum absolute atomic E-state index is 0.290. The monoisotopic (exact) mass is 255 g/mol. The van der Waals surface area contributed by atoms with Gasteiger partial charge in [-0.25, -0.2) is 4.79 Å². The first-order valence-corrected chi connectivity index (χ1v) is 5.61. The van der Waals surface area contributed by atoms with Gasteiger partial charge in [0.15, 0.2) is 6.10 Å². The Labute approximate surface area is 105 Å². The highest BCUT2D eigenvalue weighted by molar-refractivity contribution is 5.78. The number of aliphatic hydroxyl groups excluding tert-OH is 1. The molecule has 1 aromatic rings. The zero-order chi connectivity index (χ0) is 13.7. The van der Waals surface area contributed by atoms with Crippen molar-refractivity contribution in [2.45, 2.75) is 39.0 Å². The molecule has 0 saturated carbocycles. The van der Waals surface area contributed by atoms with Crippen molar-refractivity contribution < 1.29 is 23.8 Å². The van der Waals surface area contributed by atoms with E-state index in [0.29, 0.717) is 5.76 Å². The zero-order valence-corrected chi connectivity index (χ0v) is 10.5. The van der Waals surface area contributed by atoms with Crippen LogP contribution < -0.4 is 5.32 Å². The molecule has 0 bridgehead atoms. The van der Waals surface area contributed by atoms with E-state index in [9.17, 15) is 14.7 Å². The van der Waals surface area contributed by atoms with E-state index in [2.05, 4.69) is 5.32 Å². The number of esters is 1. The van der Waals surface area contributed by atoms with E-state index in [1.165, 1.54) is 13.2 Å². The molecule has 0 radical (unpaired) electrons. The summed E-state index contributed by atoms with van der Waals surface area (Å²) >= 11 is 0. The topological polar surface area (TPSA) is 88.8 Å². The molecule has 0 aromatic carbocycles. The SMILES string of the molecule is CC(=O)N[C@@H](c1ccco1)[C@@H](O)C(=O)OC(C)C. The van der Waals surface area contributed by atoms with Crippen LogP contribution in [0.5, 0.6) is 0 Å². The molecule has 0 aliphatic carbocycles. The summed E-state index contributed by atoms with van der Waals surface area (Å²) in [4.78, 5) is 22.7. The quantitative estimate of drug-likeness (QED) is 0.759. The van der Waals surface area contributed by atoms with E-state index < -0.39 is 18.1 Å². The lowest BCUT2D eigenvalue weighted by Gasteiger charge is -2.21. The van der Waals surface area contributed by atoms with Gasteiger partial charge >= 0.3 is 5.97 Å². The van der Waals surface area contributed by atoms with Gasteiger partial charge in [-0.05, 0) is 26.0 Å². The van der Waals surface area contributed by atoms with Crippen molar-refractivity contribution in [2.75, 3.05) is 0 Å². The minimum Gasteiger partial charge on any atom is -0.467 e. The summed E-state index contributed by atoms with van der Waals surface area (Å²) in [7, 11) is 0. The normalized spacial score (nSPS) is 14.1. The maximum absolute atomic E-state index is 11.6. The number of aliphatic hydroxyl groups is 1. The van der Waals surface area contributed by atoms with Crippen LogP contribution in [0.3, 0.4) is 0 Å². The van der Waals surface area contributed by atoms with Gasteiger partial charge in [-0.2, -0.15) is 0 Å². The molecule has 6 nitrogen and oxygen atoms in total. The van der Waals surface area contributed by atoms with Crippen LogP contribution in [0.25, 0.3) is 0 Å². The van der Waals surface area contributed by atoms with Crippen LogP contribution >= 0.6 is 0 Å². The third-order valence-corrected chi connectivity index (χ3v) is 2.12. The fraction of sp³-hybridized carbons (Fsp3) is 0.500. The molecule has 0 fully saturated rings. The largest absolute Gasteiger partial charge is 0.467 e. The number of furan rings is 1. The number of amides is 1. The molecule has 18 heavy (non-hydrogen) atoms. The summed E-state index contributed by atoms with van der Waals surface area (Å²) in [5, 5.41) is 12.4. The van der Waals surface area contributed by atoms with Crippen molar-refractivity contribution in [1.82, 2.24) is 5.32 Å². The Kier molecular flexibility index (Phi) is 4.91. The molecule has 0 saturated heterocycles. The Morgan fingerprint density at radius 3 is 2.56 bits per heavy atom. The van der Waals surface area contributed by atoms with Crippen LogP contribution in [0.15, 0.2) is 22.8 Å². The second-order valence-electron chi connectivity index (χ2n) is 4.12. The first kappa shape index (κ1) is 14.2. The van der Waals surface area contributed by atoms with Gasteiger partial charge in [0.25, 0.3) is 0 Å². The Bertz CT molecular complexity index is 399. The van der Waals surface area contributed by atoms with Gasteiger partial charge in [0, 0.05) is 6.92 Å². The molecule has 2 atom stereocenters. The van der Waals surface area contributed by atoms with Crippen LogP contribution in [0.4, 0.5) is 0 Å². The summed E-state index contributed by atoms with van der Waals surface area (Å²) in [5.74, 6) is -0.897. The summed E-state index contributed by atoms with van der Waals surface area (Å²) in [6.07, 6.45) is -0.464. The lowest BCUT2D eigenvalue weighted by atomic mass is 10.1. The van der Waals surface area contributed by atoms with Crippen molar-refractivity contribution >= 4 is 11.9 Å². The number of rotatable bonds is 5. The molecule has 1 heterocycles. The summed E-state index contributed by atoms with van der Waals surface area (Å²) in [5.41, 5.74) is 0. The third-order valence-electron chi connectivity index (χ3n) is 2.12. The lowest BCUT2D eigenvalue weighted by molar-refractivity contribution is -0.159. The predicted molar refractivity (Wildman–Crippen MR) is 62.5 cm³/mol. The van der Waals surface area contributed by atoms with Crippen LogP contribution in [0.2, 0.25) is 0 Å². The number of nitrogens with one attached hydrogen (secondary N) is 1. The molecule has 0 aliphatic heterocycles. The van der Waals surface area contributed by atoms with Crippen LogP contribution in [0.1, 0.15) is 32.6 Å².